The van der Waals surface area contributed by atoms with Crippen molar-refractivity contribution in [2.45, 2.75) is 13.0 Å². The van der Waals surface area contributed by atoms with Gasteiger partial charge in [0.15, 0.2) is 0 Å². The Morgan fingerprint density at radius 2 is 1.95 bits per heavy atom. The summed E-state index contributed by atoms with van der Waals surface area (Å²) in [6.45, 7) is 1.24. The minimum absolute atomic E-state index is 0.00470. The highest BCUT2D eigenvalue weighted by molar-refractivity contribution is 6.02. The van der Waals surface area contributed by atoms with E-state index in [1.165, 1.54) is 5.56 Å². The Labute approximate surface area is 124 Å². The van der Waals surface area contributed by atoms with E-state index in [2.05, 4.69) is 12.1 Å². The standard InChI is InChI=1S/C17H18N2O2/c1-21-15-8-7-14(18)13-11-19(17(20)16(13)15)10-9-12-5-3-2-4-6-12/h2-8H,9-11,18H2,1H3. The first-order chi connectivity index (χ1) is 10.2. The Kier molecular flexibility index (Phi) is 3.52. The summed E-state index contributed by atoms with van der Waals surface area (Å²) < 4.78 is 5.29. The van der Waals surface area contributed by atoms with Gasteiger partial charge in [0.05, 0.1) is 12.7 Å². The minimum Gasteiger partial charge on any atom is -0.496 e. The van der Waals surface area contributed by atoms with Gasteiger partial charge in [-0.25, -0.2) is 0 Å². The first-order valence-electron chi connectivity index (χ1n) is 6.99. The molecule has 2 N–H and O–H groups in total. The van der Waals surface area contributed by atoms with Crippen molar-refractivity contribution < 1.29 is 9.53 Å². The summed E-state index contributed by atoms with van der Waals surface area (Å²) in [5, 5.41) is 0. The Balaban J connectivity index is 1.79. The highest BCUT2D eigenvalue weighted by Gasteiger charge is 2.31. The molecule has 4 heteroatoms. The van der Waals surface area contributed by atoms with Gasteiger partial charge in [-0.1, -0.05) is 30.3 Å². The van der Waals surface area contributed by atoms with Crippen molar-refractivity contribution in [3.63, 3.8) is 0 Å². The predicted molar refractivity (Wildman–Crippen MR) is 82.3 cm³/mol. The molecular weight excluding hydrogens is 264 g/mol. The topological polar surface area (TPSA) is 55.6 Å². The molecule has 1 heterocycles. The number of nitrogens with zero attached hydrogens (tertiary/aromatic N) is 1. The quantitative estimate of drug-likeness (QED) is 0.876. The highest BCUT2D eigenvalue weighted by atomic mass is 16.5. The van der Waals surface area contributed by atoms with Crippen LogP contribution in [0, 0.1) is 0 Å². The highest BCUT2D eigenvalue weighted by Crippen LogP contribution is 2.34. The van der Waals surface area contributed by atoms with Crippen LogP contribution in [0.5, 0.6) is 5.75 Å². The minimum atomic E-state index is 0.00470. The maximum Gasteiger partial charge on any atom is 0.258 e. The van der Waals surface area contributed by atoms with Gasteiger partial charge in [0, 0.05) is 24.3 Å². The van der Waals surface area contributed by atoms with Gasteiger partial charge in [-0.05, 0) is 24.1 Å². The number of nitrogens with two attached hydrogens (primary N) is 1. The average Bonchev–Trinajstić information content (AvgIpc) is 2.85. The van der Waals surface area contributed by atoms with Crippen molar-refractivity contribution in [3.05, 3.63) is 59.2 Å². The third kappa shape index (κ3) is 2.44. The number of hydrogen-bond donors (Lipinski definition) is 1. The summed E-state index contributed by atoms with van der Waals surface area (Å²) in [6.07, 6.45) is 0.836. The molecule has 0 saturated heterocycles. The summed E-state index contributed by atoms with van der Waals surface area (Å²) in [6, 6.07) is 13.7. The monoisotopic (exact) mass is 282 g/mol. The summed E-state index contributed by atoms with van der Waals surface area (Å²) in [5.74, 6) is 0.608. The average molecular weight is 282 g/mol. The van der Waals surface area contributed by atoms with E-state index in [1.807, 2.05) is 23.1 Å². The zero-order valence-corrected chi connectivity index (χ0v) is 12.0. The molecule has 0 atom stereocenters. The molecule has 0 spiro atoms. The van der Waals surface area contributed by atoms with Crippen molar-refractivity contribution in [3.8, 4) is 5.75 Å². The molecule has 0 fully saturated rings. The molecule has 0 aliphatic carbocycles. The molecule has 1 aliphatic rings. The Bertz CT molecular complexity index is 668. The molecule has 2 aromatic carbocycles. The zero-order valence-electron chi connectivity index (χ0n) is 12.0. The molecule has 108 valence electrons. The Hall–Kier alpha value is -2.49. The molecule has 21 heavy (non-hydrogen) atoms. The third-order valence-corrected chi connectivity index (χ3v) is 3.89. The van der Waals surface area contributed by atoms with Crippen LogP contribution in [0.1, 0.15) is 21.5 Å². The number of ether oxygens (including phenoxy) is 1. The summed E-state index contributed by atoms with van der Waals surface area (Å²) in [5.41, 5.74) is 9.37. The number of anilines is 1. The van der Waals surface area contributed by atoms with E-state index in [-0.39, 0.29) is 5.91 Å². The first-order valence-corrected chi connectivity index (χ1v) is 6.99. The van der Waals surface area contributed by atoms with E-state index in [0.29, 0.717) is 30.1 Å². The molecular formula is C17H18N2O2. The molecule has 0 aromatic heterocycles. The molecule has 0 radical (unpaired) electrons. The van der Waals surface area contributed by atoms with Crippen LogP contribution in [-0.4, -0.2) is 24.5 Å². The lowest BCUT2D eigenvalue weighted by atomic mass is 10.1. The number of fused-ring (bicyclic) bond motifs is 1. The van der Waals surface area contributed by atoms with Crippen LogP contribution in [0.25, 0.3) is 0 Å². The fourth-order valence-electron chi connectivity index (χ4n) is 2.73. The van der Waals surface area contributed by atoms with E-state index in [9.17, 15) is 4.79 Å². The predicted octanol–water partition coefficient (Wildman–Crippen LogP) is 2.48. The number of carbonyl (C=O) groups is 1. The van der Waals surface area contributed by atoms with Crippen molar-refractivity contribution >= 4 is 11.6 Å². The molecule has 0 saturated carbocycles. The van der Waals surface area contributed by atoms with Crippen LogP contribution in [0.4, 0.5) is 5.69 Å². The van der Waals surface area contributed by atoms with Crippen LogP contribution in [0.3, 0.4) is 0 Å². The van der Waals surface area contributed by atoms with Gasteiger partial charge in [0.1, 0.15) is 5.75 Å². The number of amides is 1. The number of rotatable bonds is 4. The Morgan fingerprint density at radius 3 is 2.67 bits per heavy atom. The number of methoxy groups -OCH3 is 1. The van der Waals surface area contributed by atoms with Crippen LogP contribution < -0.4 is 10.5 Å². The molecule has 0 unspecified atom stereocenters. The van der Waals surface area contributed by atoms with Gasteiger partial charge in [-0.2, -0.15) is 0 Å². The smallest absolute Gasteiger partial charge is 0.258 e. The zero-order chi connectivity index (χ0) is 14.8. The number of benzene rings is 2. The normalized spacial score (nSPS) is 13.4. The lowest BCUT2D eigenvalue weighted by molar-refractivity contribution is 0.0778. The number of nitrogen functional groups attached to an aromatic ring is 1. The van der Waals surface area contributed by atoms with Gasteiger partial charge in [0.2, 0.25) is 0 Å². The van der Waals surface area contributed by atoms with Gasteiger partial charge >= 0.3 is 0 Å². The lowest BCUT2D eigenvalue weighted by Gasteiger charge is -2.15. The second-order valence-electron chi connectivity index (χ2n) is 5.17. The second kappa shape index (κ2) is 5.48. The molecule has 1 amide bonds. The van der Waals surface area contributed by atoms with Gasteiger partial charge in [-0.3, -0.25) is 4.79 Å². The maximum atomic E-state index is 12.5. The summed E-state index contributed by atoms with van der Waals surface area (Å²) in [7, 11) is 1.58. The van der Waals surface area contributed by atoms with Crippen LogP contribution in [0.2, 0.25) is 0 Å². The Morgan fingerprint density at radius 1 is 1.19 bits per heavy atom. The van der Waals surface area contributed by atoms with Gasteiger partial charge in [-0.15, -0.1) is 0 Å². The number of carbonyl (C=O) groups excluding carboxylic acids is 1. The first kappa shape index (κ1) is 13.5. The fraction of sp³-hybridized carbons (Fsp3) is 0.235. The van der Waals surface area contributed by atoms with E-state index in [4.69, 9.17) is 10.5 Å². The van der Waals surface area contributed by atoms with Crippen LogP contribution in [-0.2, 0) is 13.0 Å². The third-order valence-electron chi connectivity index (χ3n) is 3.89. The fourth-order valence-corrected chi connectivity index (χ4v) is 2.73. The van der Waals surface area contributed by atoms with Gasteiger partial charge < -0.3 is 15.4 Å². The van der Waals surface area contributed by atoms with Crippen molar-refractivity contribution in [2.75, 3.05) is 19.4 Å². The summed E-state index contributed by atoms with van der Waals surface area (Å²) >= 11 is 0. The molecule has 0 bridgehead atoms. The van der Waals surface area contributed by atoms with Crippen molar-refractivity contribution in [1.29, 1.82) is 0 Å². The molecule has 1 aliphatic heterocycles. The molecule has 2 aromatic rings. The van der Waals surface area contributed by atoms with E-state index in [0.717, 1.165) is 12.0 Å². The van der Waals surface area contributed by atoms with E-state index >= 15 is 0 Å². The van der Waals surface area contributed by atoms with Crippen LogP contribution in [0.15, 0.2) is 42.5 Å². The van der Waals surface area contributed by atoms with E-state index in [1.54, 1.807) is 19.2 Å². The van der Waals surface area contributed by atoms with E-state index < -0.39 is 0 Å². The van der Waals surface area contributed by atoms with Crippen molar-refractivity contribution in [2.24, 2.45) is 0 Å². The van der Waals surface area contributed by atoms with Gasteiger partial charge in [0.25, 0.3) is 5.91 Å². The molecule has 3 rings (SSSR count). The summed E-state index contributed by atoms with van der Waals surface area (Å²) in [4.78, 5) is 14.4. The number of hydrogen-bond acceptors (Lipinski definition) is 3. The SMILES string of the molecule is COc1ccc(N)c2c1C(=O)N(CCc1ccccc1)C2. The molecule has 4 nitrogen and oxygen atoms in total. The van der Waals surface area contributed by atoms with Crippen molar-refractivity contribution in [1.82, 2.24) is 4.90 Å². The van der Waals surface area contributed by atoms with Crippen LogP contribution >= 0.6 is 0 Å². The lowest BCUT2D eigenvalue weighted by Crippen LogP contribution is -2.26. The second-order valence-corrected chi connectivity index (χ2v) is 5.17. The maximum absolute atomic E-state index is 12.5. The largest absolute Gasteiger partial charge is 0.496 e.